The summed E-state index contributed by atoms with van der Waals surface area (Å²) in [6.45, 7) is 5.12. The van der Waals surface area contributed by atoms with Crippen LogP contribution in [0.2, 0.25) is 0 Å². The molecule has 2 amide bonds. The number of ether oxygens (including phenoxy) is 2. The van der Waals surface area contributed by atoms with Gasteiger partial charge in [-0.2, -0.15) is 0 Å². The first-order chi connectivity index (χ1) is 15.7. The van der Waals surface area contributed by atoms with Crippen molar-refractivity contribution in [1.29, 1.82) is 0 Å². The monoisotopic (exact) mass is 474 g/mol. The highest BCUT2D eigenvalue weighted by molar-refractivity contribution is 8.00. The number of hydrogen-bond donors (Lipinski definition) is 0. The molecule has 2 saturated heterocycles. The average Bonchev–Trinajstić information content (AvgIpc) is 2.87. The second-order valence-electron chi connectivity index (χ2n) is 7.12. The van der Waals surface area contributed by atoms with E-state index < -0.39 is 11.8 Å². The summed E-state index contributed by atoms with van der Waals surface area (Å²) >= 11 is 2.52. The van der Waals surface area contributed by atoms with Gasteiger partial charge in [-0.3, -0.25) is 9.59 Å². The maximum absolute atomic E-state index is 13.6. The fraction of sp³-hybridized carbons (Fsp3) is 0.364. The number of benzene rings is 2. The van der Waals surface area contributed by atoms with Crippen molar-refractivity contribution in [3.8, 4) is 0 Å². The van der Waals surface area contributed by atoms with Gasteiger partial charge >= 0.3 is 11.8 Å². The molecule has 2 aromatic carbocycles. The van der Waals surface area contributed by atoms with E-state index in [0.29, 0.717) is 64.0 Å². The third-order valence-electron chi connectivity index (χ3n) is 4.87. The Morgan fingerprint density at radius 1 is 0.625 bits per heavy atom. The van der Waals surface area contributed by atoms with Crippen LogP contribution in [0, 0.1) is 0 Å². The number of morpholine rings is 2. The Balaban J connectivity index is 1.58. The minimum Gasteiger partial charge on any atom is -0.379 e. The lowest BCUT2D eigenvalue weighted by molar-refractivity contribution is -0.134. The van der Waals surface area contributed by atoms with Crippen molar-refractivity contribution >= 4 is 47.5 Å². The molecular weight excluding hydrogens is 448 g/mol. The molecule has 2 heterocycles. The summed E-state index contributed by atoms with van der Waals surface area (Å²) in [6.07, 6.45) is 0. The van der Waals surface area contributed by atoms with E-state index in [-0.39, 0.29) is 0 Å². The van der Waals surface area contributed by atoms with E-state index in [0.717, 1.165) is 0 Å². The van der Waals surface area contributed by atoms with Gasteiger partial charge in [0.05, 0.1) is 37.8 Å². The molecule has 0 bridgehead atoms. The normalized spacial score (nSPS) is 17.6. The van der Waals surface area contributed by atoms with Crippen LogP contribution in [0.4, 0.5) is 11.4 Å². The molecule has 0 atom stereocenters. The maximum Gasteiger partial charge on any atom is 0.328 e. The van der Waals surface area contributed by atoms with Crippen molar-refractivity contribution < 1.29 is 19.1 Å². The number of rotatable bonds is 6. The zero-order valence-corrected chi connectivity index (χ0v) is 19.3. The smallest absolute Gasteiger partial charge is 0.328 e. The first-order valence-electron chi connectivity index (χ1n) is 10.5. The molecule has 32 heavy (non-hydrogen) atoms. The Morgan fingerprint density at radius 2 is 0.969 bits per heavy atom. The van der Waals surface area contributed by atoms with Crippen LogP contribution >= 0.6 is 24.3 Å². The number of hydrogen-bond acceptors (Lipinski definition) is 8. The molecule has 0 aromatic heterocycles. The van der Waals surface area contributed by atoms with E-state index >= 15 is 0 Å². The topological polar surface area (TPSA) is 65.6 Å². The summed E-state index contributed by atoms with van der Waals surface area (Å²) in [7, 11) is 0. The number of nitrogens with zero attached hydrogens (tertiary/aromatic N) is 4. The number of anilines is 2. The first kappa shape index (κ1) is 23.1. The van der Waals surface area contributed by atoms with E-state index in [9.17, 15) is 9.59 Å². The molecule has 0 saturated carbocycles. The molecule has 2 aliphatic rings. The second kappa shape index (κ2) is 11.7. The average molecular weight is 475 g/mol. The lowest BCUT2D eigenvalue weighted by Gasteiger charge is -2.33. The standard InChI is InChI=1S/C22H26N4O4S2/c27-21(25(19-7-3-1-4-8-19)31-23-11-15-29-16-12-23)22(28)26(20-9-5-2-6-10-20)32-24-13-17-30-18-14-24/h1-10H,11-18H2. The van der Waals surface area contributed by atoms with Crippen molar-refractivity contribution in [2.45, 2.75) is 0 Å². The van der Waals surface area contributed by atoms with Crippen LogP contribution in [-0.4, -0.2) is 73.0 Å². The minimum absolute atomic E-state index is 0.598. The van der Waals surface area contributed by atoms with Crippen molar-refractivity contribution in [3.63, 3.8) is 0 Å². The first-order valence-corrected chi connectivity index (χ1v) is 12.0. The van der Waals surface area contributed by atoms with Gasteiger partial charge in [0.2, 0.25) is 0 Å². The molecule has 0 spiro atoms. The van der Waals surface area contributed by atoms with Crippen LogP contribution in [0.1, 0.15) is 0 Å². The van der Waals surface area contributed by atoms with Crippen molar-refractivity contribution in [2.75, 3.05) is 61.2 Å². The van der Waals surface area contributed by atoms with Crippen LogP contribution < -0.4 is 8.61 Å². The predicted octanol–water partition coefficient (Wildman–Crippen LogP) is 2.84. The predicted molar refractivity (Wildman–Crippen MR) is 128 cm³/mol. The summed E-state index contributed by atoms with van der Waals surface area (Å²) in [5.41, 5.74) is 1.32. The van der Waals surface area contributed by atoms with E-state index in [1.165, 1.54) is 32.9 Å². The molecule has 10 heteroatoms. The number of carbonyl (C=O) groups excluding carboxylic acids is 2. The largest absolute Gasteiger partial charge is 0.379 e. The minimum atomic E-state index is -0.600. The molecular formula is C22H26N4O4S2. The van der Waals surface area contributed by atoms with Crippen LogP contribution in [0.5, 0.6) is 0 Å². The summed E-state index contributed by atoms with van der Waals surface area (Å²) < 4.78 is 17.9. The van der Waals surface area contributed by atoms with Crippen molar-refractivity contribution in [3.05, 3.63) is 60.7 Å². The summed E-state index contributed by atoms with van der Waals surface area (Å²) in [5, 5.41) is 0. The van der Waals surface area contributed by atoms with Crippen LogP contribution in [-0.2, 0) is 19.1 Å². The Kier molecular flexibility index (Phi) is 8.43. The molecule has 4 rings (SSSR count). The highest BCUT2D eigenvalue weighted by atomic mass is 32.2. The van der Waals surface area contributed by atoms with E-state index in [1.807, 2.05) is 69.3 Å². The molecule has 0 aliphatic carbocycles. The number of para-hydroxylation sites is 2. The quantitative estimate of drug-likeness (QED) is 0.468. The van der Waals surface area contributed by atoms with E-state index in [4.69, 9.17) is 9.47 Å². The van der Waals surface area contributed by atoms with Gasteiger partial charge in [-0.15, -0.1) is 0 Å². The van der Waals surface area contributed by atoms with Gasteiger partial charge in [0.1, 0.15) is 0 Å². The molecule has 2 aliphatic heterocycles. The fourth-order valence-electron chi connectivity index (χ4n) is 3.19. The Morgan fingerprint density at radius 3 is 1.31 bits per heavy atom. The summed E-state index contributed by atoms with van der Waals surface area (Å²) in [5.74, 6) is -1.20. The van der Waals surface area contributed by atoms with Crippen molar-refractivity contribution in [2.24, 2.45) is 0 Å². The van der Waals surface area contributed by atoms with Crippen LogP contribution in [0.3, 0.4) is 0 Å². The molecule has 170 valence electrons. The van der Waals surface area contributed by atoms with Gasteiger partial charge in [-0.25, -0.2) is 17.2 Å². The third kappa shape index (κ3) is 6.03. The van der Waals surface area contributed by atoms with Crippen LogP contribution in [0.25, 0.3) is 0 Å². The highest BCUT2D eigenvalue weighted by Gasteiger charge is 2.33. The van der Waals surface area contributed by atoms with E-state index in [1.54, 1.807) is 0 Å². The molecule has 2 fully saturated rings. The molecule has 2 aromatic rings. The number of amides is 2. The van der Waals surface area contributed by atoms with Crippen LogP contribution in [0.15, 0.2) is 60.7 Å². The van der Waals surface area contributed by atoms with Gasteiger partial charge in [-0.05, 0) is 24.3 Å². The van der Waals surface area contributed by atoms with Gasteiger partial charge < -0.3 is 9.47 Å². The lowest BCUT2D eigenvalue weighted by atomic mass is 10.3. The lowest BCUT2D eigenvalue weighted by Crippen LogP contribution is -2.45. The summed E-state index contributed by atoms with van der Waals surface area (Å²) in [6, 6.07) is 18.5. The maximum atomic E-state index is 13.6. The van der Waals surface area contributed by atoms with Gasteiger partial charge in [0, 0.05) is 50.4 Å². The van der Waals surface area contributed by atoms with Gasteiger partial charge in [0.15, 0.2) is 0 Å². The Hall–Kier alpha value is -2.08. The third-order valence-corrected chi connectivity index (χ3v) is 7.14. The zero-order chi connectivity index (χ0) is 22.2. The number of carbonyl (C=O) groups is 2. The Bertz CT molecular complexity index is 805. The second-order valence-corrected chi connectivity index (χ2v) is 9.21. The molecule has 0 radical (unpaired) electrons. The highest BCUT2D eigenvalue weighted by Crippen LogP contribution is 2.30. The SMILES string of the molecule is O=C(C(=O)N(SN1CCOCC1)c1ccccc1)N(SN1CCOCC1)c1ccccc1. The zero-order valence-electron chi connectivity index (χ0n) is 17.7. The van der Waals surface area contributed by atoms with Gasteiger partial charge in [0.25, 0.3) is 0 Å². The Labute approximate surface area is 197 Å². The van der Waals surface area contributed by atoms with Gasteiger partial charge in [-0.1, -0.05) is 36.4 Å². The molecule has 0 N–H and O–H groups in total. The molecule has 8 nitrogen and oxygen atoms in total. The van der Waals surface area contributed by atoms with Crippen molar-refractivity contribution in [1.82, 2.24) is 8.61 Å². The molecule has 0 unspecified atom stereocenters. The fourth-order valence-corrected chi connectivity index (χ4v) is 5.01. The summed E-state index contributed by atoms with van der Waals surface area (Å²) in [4.78, 5) is 27.1. The van der Waals surface area contributed by atoms with E-state index in [2.05, 4.69) is 0 Å².